The van der Waals surface area contributed by atoms with Crippen LogP contribution in [0.25, 0.3) is 0 Å². The van der Waals surface area contributed by atoms with E-state index in [0.717, 1.165) is 0 Å². The molecular weight excluding hydrogens is 251 g/mol. The summed E-state index contributed by atoms with van der Waals surface area (Å²) in [4.78, 5) is 0. The van der Waals surface area contributed by atoms with E-state index >= 15 is 0 Å². The van der Waals surface area contributed by atoms with Gasteiger partial charge in [-0.3, -0.25) is 5.41 Å². The zero-order chi connectivity index (χ0) is 10.6. The maximum Gasteiger partial charge on any atom is 0.141 e. The van der Waals surface area contributed by atoms with Crippen LogP contribution in [0.2, 0.25) is 0 Å². The van der Waals surface area contributed by atoms with Crippen molar-refractivity contribution >= 4 is 21.8 Å². The SMILES string of the molecule is N=C(N)CCOc1ccc(Br)c(F)c1. The van der Waals surface area contributed by atoms with E-state index in [1.165, 1.54) is 6.07 Å². The molecule has 3 N–H and O–H groups in total. The van der Waals surface area contributed by atoms with Crippen molar-refractivity contribution in [1.82, 2.24) is 0 Å². The Morgan fingerprint density at radius 1 is 1.57 bits per heavy atom. The van der Waals surface area contributed by atoms with Crippen LogP contribution in [0.5, 0.6) is 5.75 Å². The molecule has 0 heterocycles. The molecular formula is C9H10BrFN2O. The molecule has 0 saturated heterocycles. The Labute approximate surface area is 89.7 Å². The van der Waals surface area contributed by atoms with Crippen molar-refractivity contribution in [3.63, 3.8) is 0 Å². The van der Waals surface area contributed by atoms with E-state index in [-0.39, 0.29) is 18.3 Å². The molecule has 76 valence electrons. The highest BCUT2D eigenvalue weighted by atomic mass is 79.9. The first-order chi connectivity index (χ1) is 6.59. The van der Waals surface area contributed by atoms with Crippen LogP contribution < -0.4 is 10.5 Å². The summed E-state index contributed by atoms with van der Waals surface area (Å²) in [5.74, 6) is 0.125. The second-order valence-corrected chi connectivity index (χ2v) is 3.55. The van der Waals surface area contributed by atoms with Gasteiger partial charge in [0.15, 0.2) is 0 Å². The van der Waals surface area contributed by atoms with E-state index in [9.17, 15) is 4.39 Å². The maximum absolute atomic E-state index is 13.0. The summed E-state index contributed by atoms with van der Waals surface area (Å²) >= 11 is 3.04. The smallest absolute Gasteiger partial charge is 0.141 e. The molecule has 0 spiro atoms. The molecule has 0 fully saturated rings. The Morgan fingerprint density at radius 2 is 2.29 bits per heavy atom. The number of amidine groups is 1. The van der Waals surface area contributed by atoms with Crippen LogP contribution in [0.1, 0.15) is 6.42 Å². The highest BCUT2D eigenvalue weighted by molar-refractivity contribution is 9.10. The van der Waals surface area contributed by atoms with Gasteiger partial charge in [-0.2, -0.15) is 0 Å². The molecule has 0 aliphatic heterocycles. The molecule has 0 unspecified atom stereocenters. The van der Waals surface area contributed by atoms with Crippen LogP contribution in [-0.2, 0) is 0 Å². The van der Waals surface area contributed by atoms with E-state index in [1.54, 1.807) is 12.1 Å². The monoisotopic (exact) mass is 260 g/mol. The Hall–Kier alpha value is -1.10. The number of halogens is 2. The van der Waals surface area contributed by atoms with E-state index < -0.39 is 0 Å². The van der Waals surface area contributed by atoms with Gasteiger partial charge in [0.25, 0.3) is 0 Å². The maximum atomic E-state index is 13.0. The lowest BCUT2D eigenvalue weighted by Crippen LogP contribution is -2.13. The van der Waals surface area contributed by atoms with Gasteiger partial charge in [-0.15, -0.1) is 0 Å². The van der Waals surface area contributed by atoms with Crippen molar-refractivity contribution in [3.8, 4) is 5.75 Å². The van der Waals surface area contributed by atoms with Gasteiger partial charge in [-0.25, -0.2) is 4.39 Å². The largest absolute Gasteiger partial charge is 0.493 e. The van der Waals surface area contributed by atoms with E-state index in [2.05, 4.69) is 15.9 Å². The average Bonchev–Trinajstić information content (AvgIpc) is 2.10. The van der Waals surface area contributed by atoms with Crippen LogP contribution in [0, 0.1) is 11.2 Å². The molecule has 3 nitrogen and oxygen atoms in total. The fraction of sp³-hybridized carbons (Fsp3) is 0.222. The van der Waals surface area contributed by atoms with Crippen molar-refractivity contribution in [2.75, 3.05) is 6.61 Å². The number of benzene rings is 1. The van der Waals surface area contributed by atoms with Gasteiger partial charge in [-0.05, 0) is 28.1 Å². The minimum Gasteiger partial charge on any atom is -0.493 e. The van der Waals surface area contributed by atoms with Crippen LogP contribution in [0.3, 0.4) is 0 Å². The molecule has 1 aromatic carbocycles. The summed E-state index contributed by atoms with van der Waals surface area (Å²) in [7, 11) is 0. The predicted octanol–water partition coefficient (Wildman–Crippen LogP) is 2.29. The summed E-state index contributed by atoms with van der Waals surface area (Å²) in [6.07, 6.45) is 0.345. The molecule has 0 atom stereocenters. The molecule has 0 aliphatic rings. The molecule has 0 saturated carbocycles. The van der Waals surface area contributed by atoms with E-state index in [1.807, 2.05) is 0 Å². The topological polar surface area (TPSA) is 59.1 Å². The first-order valence-corrected chi connectivity index (χ1v) is 4.79. The second-order valence-electron chi connectivity index (χ2n) is 2.70. The number of rotatable bonds is 4. The Kier molecular flexibility index (Phi) is 3.88. The molecule has 5 heteroatoms. The van der Waals surface area contributed by atoms with Crippen molar-refractivity contribution in [3.05, 3.63) is 28.5 Å². The Balaban J connectivity index is 2.51. The summed E-state index contributed by atoms with van der Waals surface area (Å²) in [5.41, 5.74) is 5.13. The van der Waals surface area contributed by atoms with Gasteiger partial charge in [-0.1, -0.05) is 0 Å². The van der Waals surface area contributed by atoms with Crippen molar-refractivity contribution < 1.29 is 9.13 Å². The van der Waals surface area contributed by atoms with Gasteiger partial charge in [0.2, 0.25) is 0 Å². The highest BCUT2D eigenvalue weighted by Crippen LogP contribution is 2.20. The van der Waals surface area contributed by atoms with Gasteiger partial charge in [0.1, 0.15) is 11.6 Å². The van der Waals surface area contributed by atoms with Gasteiger partial charge in [0, 0.05) is 12.5 Å². The lowest BCUT2D eigenvalue weighted by molar-refractivity contribution is 0.326. The van der Waals surface area contributed by atoms with E-state index in [4.69, 9.17) is 15.9 Å². The lowest BCUT2D eigenvalue weighted by atomic mass is 10.3. The third-order valence-corrected chi connectivity index (χ3v) is 2.17. The quantitative estimate of drug-likeness (QED) is 0.645. The second kappa shape index (κ2) is 4.95. The van der Waals surface area contributed by atoms with Crippen LogP contribution >= 0.6 is 15.9 Å². The van der Waals surface area contributed by atoms with Crippen LogP contribution in [0.4, 0.5) is 4.39 Å². The molecule has 0 amide bonds. The normalized spacial score (nSPS) is 9.86. The summed E-state index contributed by atoms with van der Waals surface area (Å²) in [6.45, 7) is 0.288. The minimum atomic E-state index is -0.370. The zero-order valence-corrected chi connectivity index (χ0v) is 8.97. The number of nitrogens with one attached hydrogen (secondary N) is 1. The number of nitrogens with two attached hydrogens (primary N) is 1. The first-order valence-electron chi connectivity index (χ1n) is 4.00. The van der Waals surface area contributed by atoms with Gasteiger partial charge >= 0.3 is 0 Å². The third-order valence-electron chi connectivity index (χ3n) is 1.53. The fourth-order valence-electron chi connectivity index (χ4n) is 0.845. The van der Waals surface area contributed by atoms with E-state index in [0.29, 0.717) is 16.6 Å². The molecule has 0 aliphatic carbocycles. The number of ether oxygens (including phenoxy) is 1. The van der Waals surface area contributed by atoms with Crippen molar-refractivity contribution in [2.45, 2.75) is 6.42 Å². The van der Waals surface area contributed by atoms with Crippen LogP contribution in [-0.4, -0.2) is 12.4 Å². The standard InChI is InChI=1S/C9H10BrFN2O/c10-7-2-1-6(5-8(7)11)14-4-3-9(12)13/h1-2,5H,3-4H2,(H3,12,13). The molecule has 0 bridgehead atoms. The molecule has 14 heavy (non-hydrogen) atoms. The number of hydrogen-bond donors (Lipinski definition) is 2. The van der Waals surface area contributed by atoms with Crippen LogP contribution in [0.15, 0.2) is 22.7 Å². The fourth-order valence-corrected chi connectivity index (χ4v) is 1.09. The summed E-state index contributed by atoms with van der Waals surface area (Å²) in [6, 6.07) is 4.50. The average molecular weight is 261 g/mol. The molecule has 1 aromatic rings. The third kappa shape index (κ3) is 3.33. The minimum absolute atomic E-state index is 0.0579. The molecule has 1 rings (SSSR count). The summed E-state index contributed by atoms with van der Waals surface area (Å²) < 4.78 is 18.5. The summed E-state index contributed by atoms with van der Waals surface area (Å²) in [5, 5.41) is 6.95. The highest BCUT2D eigenvalue weighted by Gasteiger charge is 2.01. The zero-order valence-electron chi connectivity index (χ0n) is 7.39. The lowest BCUT2D eigenvalue weighted by Gasteiger charge is -2.05. The number of hydrogen-bond acceptors (Lipinski definition) is 2. The predicted molar refractivity (Wildman–Crippen MR) is 56.1 cm³/mol. The van der Waals surface area contributed by atoms with Gasteiger partial charge < -0.3 is 10.5 Å². The Bertz CT molecular complexity index is 344. The molecule has 0 aromatic heterocycles. The van der Waals surface area contributed by atoms with Crippen molar-refractivity contribution in [2.24, 2.45) is 5.73 Å². The Morgan fingerprint density at radius 3 is 2.86 bits per heavy atom. The van der Waals surface area contributed by atoms with Crippen molar-refractivity contribution in [1.29, 1.82) is 5.41 Å². The van der Waals surface area contributed by atoms with Gasteiger partial charge in [0.05, 0.1) is 16.9 Å². The molecule has 0 radical (unpaired) electrons. The first kappa shape index (κ1) is 11.0.